The lowest BCUT2D eigenvalue weighted by Gasteiger charge is -2.22. The summed E-state index contributed by atoms with van der Waals surface area (Å²) in [5.41, 5.74) is 0.342. The Hall–Kier alpha value is -3.97. The molecule has 4 heterocycles. The average molecular weight is 628 g/mol. The molecule has 1 aromatic carbocycles. The third kappa shape index (κ3) is 6.55. The monoisotopic (exact) mass is 627 g/mol. The van der Waals surface area contributed by atoms with E-state index in [0.29, 0.717) is 30.8 Å². The fraction of sp³-hybridized carbons (Fsp3) is 0.500. The minimum absolute atomic E-state index is 0.0803. The van der Waals surface area contributed by atoms with Crippen molar-refractivity contribution in [3.63, 3.8) is 0 Å². The highest BCUT2D eigenvalue weighted by Gasteiger charge is 2.57. The molecule has 2 aliphatic rings. The summed E-state index contributed by atoms with van der Waals surface area (Å²) in [5, 5.41) is 0. The van der Waals surface area contributed by atoms with Crippen molar-refractivity contribution in [2.45, 2.75) is 77.3 Å². The van der Waals surface area contributed by atoms with Crippen LogP contribution in [0.5, 0.6) is 5.88 Å². The van der Waals surface area contributed by atoms with E-state index < -0.39 is 28.9 Å². The number of alkyl halides is 2. The number of aromatic nitrogens is 5. The van der Waals surface area contributed by atoms with Crippen molar-refractivity contribution in [2.75, 3.05) is 19.8 Å². The van der Waals surface area contributed by atoms with Crippen molar-refractivity contribution in [1.82, 2.24) is 23.7 Å². The smallest absolute Gasteiger partial charge is 0.332 e. The van der Waals surface area contributed by atoms with Gasteiger partial charge in [-0.1, -0.05) is 12.1 Å². The van der Waals surface area contributed by atoms with E-state index in [-0.39, 0.29) is 61.3 Å². The summed E-state index contributed by atoms with van der Waals surface area (Å²) < 4.78 is 62.6. The van der Waals surface area contributed by atoms with Crippen molar-refractivity contribution in [2.24, 2.45) is 5.92 Å². The van der Waals surface area contributed by atoms with Crippen LogP contribution in [0.4, 0.5) is 13.2 Å². The number of hydrogen-bond donors (Lipinski definition) is 0. The number of benzene rings is 1. The van der Waals surface area contributed by atoms with Crippen LogP contribution in [0.25, 0.3) is 22.6 Å². The molecule has 1 aliphatic heterocycles. The van der Waals surface area contributed by atoms with E-state index in [2.05, 4.69) is 4.98 Å². The maximum atomic E-state index is 14.1. The number of pyridine rings is 1. The molecule has 45 heavy (non-hydrogen) atoms. The first-order chi connectivity index (χ1) is 21.6. The highest BCUT2D eigenvalue weighted by atomic mass is 19.3. The van der Waals surface area contributed by atoms with Gasteiger partial charge >= 0.3 is 5.69 Å². The maximum absolute atomic E-state index is 14.1. The first-order valence-electron chi connectivity index (χ1n) is 15.3. The molecule has 0 bridgehead atoms. The first kappa shape index (κ1) is 31.0. The molecule has 10 nitrogen and oxygen atoms in total. The highest BCUT2D eigenvalue weighted by molar-refractivity contribution is 5.78. The summed E-state index contributed by atoms with van der Waals surface area (Å²) in [7, 11) is 0. The van der Waals surface area contributed by atoms with Crippen LogP contribution in [0.15, 0.2) is 52.2 Å². The molecule has 4 aromatic rings. The maximum Gasteiger partial charge on any atom is 0.332 e. The summed E-state index contributed by atoms with van der Waals surface area (Å²) >= 11 is 0. The molecule has 2 atom stereocenters. The normalized spacial score (nSPS) is 19.3. The zero-order chi connectivity index (χ0) is 31.7. The molecule has 0 spiro atoms. The first-order valence-corrected chi connectivity index (χ1v) is 15.3. The van der Waals surface area contributed by atoms with Gasteiger partial charge < -0.3 is 18.8 Å². The van der Waals surface area contributed by atoms with Gasteiger partial charge in [-0.2, -0.15) is 0 Å². The van der Waals surface area contributed by atoms with E-state index in [0.717, 1.165) is 19.3 Å². The van der Waals surface area contributed by atoms with Gasteiger partial charge in [0.25, 0.3) is 11.5 Å². The van der Waals surface area contributed by atoms with Gasteiger partial charge in [-0.25, -0.2) is 27.9 Å². The summed E-state index contributed by atoms with van der Waals surface area (Å²) in [5.74, 6) is -3.74. The van der Waals surface area contributed by atoms with Gasteiger partial charge in [-0.15, -0.1) is 0 Å². The van der Waals surface area contributed by atoms with E-state index in [9.17, 15) is 22.8 Å². The van der Waals surface area contributed by atoms with Crippen LogP contribution in [0.1, 0.15) is 57.6 Å². The number of nitrogens with zero attached hydrogens (tertiary/aromatic N) is 5. The zero-order valence-electron chi connectivity index (χ0n) is 25.3. The van der Waals surface area contributed by atoms with Crippen molar-refractivity contribution >= 4 is 11.2 Å². The molecule has 1 aliphatic carbocycles. The van der Waals surface area contributed by atoms with Crippen LogP contribution in [0.2, 0.25) is 0 Å². The Morgan fingerprint density at radius 1 is 1.11 bits per heavy atom. The number of hydrogen-bond acceptors (Lipinski definition) is 7. The minimum Gasteiger partial charge on any atom is -0.477 e. The second-order valence-electron chi connectivity index (χ2n) is 11.9. The lowest BCUT2D eigenvalue weighted by Crippen LogP contribution is -2.41. The van der Waals surface area contributed by atoms with Crippen LogP contribution in [0, 0.1) is 11.7 Å². The van der Waals surface area contributed by atoms with Crippen LogP contribution in [0.3, 0.4) is 0 Å². The molecule has 3 aromatic heterocycles. The third-order valence-corrected chi connectivity index (χ3v) is 8.19. The minimum atomic E-state index is -2.77. The summed E-state index contributed by atoms with van der Waals surface area (Å²) in [6, 6.07) is 8.81. The van der Waals surface area contributed by atoms with Crippen LogP contribution >= 0.6 is 0 Å². The predicted octanol–water partition coefficient (Wildman–Crippen LogP) is 5.16. The number of halogens is 3. The van der Waals surface area contributed by atoms with Crippen molar-refractivity contribution < 1.29 is 27.4 Å². The Balaban J connectivity index is 1.43. The fourth-order valence-electron chi connectivity index (χ4n) is 5.64. The SMILES string of the molecule is CC(C)n1c(=O)n(CCCOC2CCCCO2)c(=O)c2c1nc(-c1cccnc1OCC1CC1(F)F)n2Cc1ccc(F)cc1. The van der Waals surface area contributed by atoms with Gasteiger partial charge in [0.1, 0.15) is 11.6 Å². The van der Waals surface area contributed by atoms with Gasteiger partial charge in [-0.3, -0.25) is 13.9 Å². The van der Waals surface area contributed by atoms with Gasteiger partial charge in [-0.05, 0) is 69.4 Å². The molecule has 6 rings (SSSR count). The number of rotatable bonds is 12. The van der Waals surface area contributed by atoms with E-state index >= 15 is 0 Å². The Bertz CT molecular complexity index is 1780. The van der Waals surface area contributed by atoms with Crippen molar-refractivity contribution in [3.05, 3.63) is 74.8 Å². The topological polar surface area (TPSA) is 102 Å². The van der Waals surface area contributed by atoms with Crippen molar-refractivity contribution in [3.8, 4) is 17.3 Å². The van der Waals surface area contributed by atoms with Gasteiger partial charge in [0, 0.05) is 38.4 Å². The highest BCUT2D eigenvalue weighted by Crippen LogP contribution is 2.48. The molecular weight excluding hydrogens is 591 g/mol. The Morgan fingerprint density at radius 2 is 1.89 bits per heavy atom. The number of ether oxygens (including phenoxy) is 3. The molecule has 0 amide bonds. The standard InChI is InChI=1S/C32H36F3N5O5/c1-20(2)40-28-26(30(41)38(31(40)42)14-6-16-44-25-8-3-4-15-43-25)39(18-21-9-11-23(33)12-10-21)27(37-28)24-7-5-13-36-29(24)45-19-22-17-32(22,34)35/h5,7,9-13,20,22,25H,3-4,6,8,14-19H2,1-2H3. The summed E-state index contributed by atoms with van der Waals surface area (Å²) in [6.45, 7) is 4.60. The van der Waals surface area contributed by atoms with Crippen molar-refractivity contribution in [1.29, 1.82) is 0 Å². The lowest BCUT2D eigenvalue weighted by molar-refractivity contribution is -0.163. The van der Waals surface area contributed by atoms with Gasteiger partial charge in [0.15, 0.2) is 17.5 Å². The number of imidazole rings is 1. The summed E-state index contributed by atoms with van der Waals surface area (Å²) in [6.07, 6.45) is 4.18. The molecule has 2 unspecified atom stereocenters. The van der Waals surface area contributed by atoms with Crippen LogP contribution in [-0.4, -0.2) is 55.7 Å². The molecule has 2 fully saturated rings. The van der Waals surface area contributed by atoms with Gasteiger partial charge in [0.05, 0.1) is 24.7 Å². The molecule has 1 saturated carbocycles. The number of fused-ring (bicyclic) bond motifs is 1. The van der Waals surface area contributed by atoms with E-state index in [1.54, 1.807) is 28.8 Å². The molecule has 0 N–H and O–H groups in total. The average Bonchev–Trinajstić information content (AvgIpc) is 3.48. The predicted molar refractivity (Wildman–Crippen MR) is 160 cm³/mol. The Morgan fingerprint density at radius 3 is 2.58 bits per heavy atom. The van der Waals surface area contributed by atoms with Crippen LogP contribution < -0.4 is 16.0 Å². The zero-order valence-corrected chi connectivity index (χ0v) is 25.3. The Kier molecular flexibility index (Phi) is 8.82. The fourth-order valence-corrected chi connectivity index (χ4v) is 5.64. The second kappa shape index (κ2) is 12.8. The van der Waals surface area contributed by atoms with E-state index in [1.807, 2.05) is 13.8 Å². The molecular formula is C32H36F3N5O5. The molecule has 240 valence electrons. The van der Waals surface area contributed by atoms with E-state index in [1.165, 1.54) is 27.5 Å². The van der Waals surface area contributed by atoms with Gasteiger partial charge in [0.2, 0.25) is 5.88 Å². The Labute approximate surface area is 257 Å². The molecule has 13 heteroatoms. The lowest BCUT2D eigenvalue weighted by atomic mass is 10.2. The summed E-state index contributed by atoms with van der Waals surface area (Å²) in [4.78, 5) is 37.0. The second-order valence-corrected chi connectivity index (χ2v) is 11.9. The van der Waals surface area contributed by atoms with E-state index in [4.69, 9.17) is 19.2 Å². The third-order valence-electron chi connectivity index (χ3n) is 8.19. The molecule has 1 saturated heterocycles. The molecule has 0 radical (unpaired) electrons. The quantitative estimate of drug-likeness (QED) is 0.200. The largest absolute Gasteiger partial charge is 0.477 e. The van der Waals surface area contributed by atoms with Crippen LogP contribution in [-0.2, 0) is 22.6 Å².